The van der Waals surface area contributed by atoms with E-state index in [9.17, 15) is 4.79 Å². The summed E-state index contributed by atoms with van der Waals surface area (Å²) in [5, 5.41) is 10.4. The molecule has 2 aliphatic heterocycles. The maximum Gasteiger partial charge on any atom is 0.293 e. The quantitative estimate of drug-likeness (QED) is 0.725. The summed E-state index contributed by atoms with van der Waals surface area (Å²) in [5.74, 6) is 0.311. The van der Waals surface area contributed by atoms with E-state index in [0.717, 1.165) is 45.6 Å². The van der Waals surface area contributed by atoms with Crippen molar-refractivity contribution in [1.29, 1.82) is 0 Å². The summed E-state index contributed by atoms with van der Waals surface area (Å²) in [5.41, 5.74) is -0.0621. The van der Waals surface area contributed by atoms with Crippen LogP contribution in [0.5, 0.6) is 0 Å². The van der Waals surface area contributed by atoms with Gasteiger partial charge in [-0.2, -0.15) is 0 Å². The van der Waals surface area contributed by atoms with Gasteiger partial charge in [-0.3, -0.25) is 4.79 Å². The van der Waals surface area contributed by atoms with Crippen LogP contribution in [-0.4, -0.2) is 54.2 Å². The highest BCUT2D eigenvalue weighted by molar-refractivity contribution is 5.92. The predicted molar refractivity (Wildman–Crippen MR) is 65.2 cm³/mol. The first-order valence-corrected chi connectivity index (χ1v) is 6.46. The fourth-order valence-electron chi connectivity index (χ4n) is 2.96. The molecule has 2 aliphatic rings. The number of nitrogens with zero attached hydrogens (tertiary/aromatic N) is 2. The summed E-state index contributed by atoms with van der Waals surface area (Å²) in [7, 11) is 0. The maximum absolute atomic E-state index is 12.5. The summed E-state index contributed by atoms with van der Waals surface area (Å²) >= 11 is 0. The van der Waals surface area contributed by atoms with Crippen molar-refractivity contribution < 1.29 is 9.32 Å². The Morgan fingerprint density at radius 1 is 1.33 bits per heavy atom. The Balaban J connectivity index is 1.85. The van der Waals surface area contributed by atoms with Crippen LogP contribution in [0.3, 0.4) is 0 Å². The number of rotatable bonds is 1. The molecule has 1 spiro atoms. The molecule has 0 aromatic carbocycles. The highest BCUT2D eigenvalue weighted by Gasteiger charge is 2.43. The van der Waals surface area contributed by atoms with Gasteiger partial charge in [-0.05, 0) is 25.9 Å². The molecular weight excluding hydrogens is 232 g/mol. The molecule has 1 aromatic rings. The molecule has 0 radical (unpaired) electrons. The van der Waals surface area contributed by atoms with Gasteiger partial charge in [0.25, 0.3) is 5.91 Å². The zero-order valence-corrected chi connectivity index (χ0v) is 10.3. The van der Waals surface area contributed by atoms with Crippen molar-refractivity contribution in [3.8, 4) is 0 Å². The number of hydrogen-bond acceptors (Lipinski definition) is 5. The monoisotopic (exact) mass is 250 g/mol. The van der Waals surface area contributed by atoms with Crippen LogP contribution in [0.25, 0.3) is 0 Å². The van der Waals surface area contributed by atoms with Crippen molar-refractivity contribution in [1.82, 2.24) is 20.7 Å². The van der Waals surface area contributed by atoms with Crippen LogP contribution in [0.1, 0.15) is 23.4 Å². The highest BCUT2D eigenvalue weighted by Crippen LogP contribution is 2.29. The SMILES string of the molecule is O=C(c1ccno1)N1CCNCC12CCNCC2. The molecule has 1 amide bonds. The molecule has 2 saturated heterocycles. The third kappa shape index (κ3) is 1.91. The Morgan fingerprint density at radius 3 is 2.89 bits per heavy atom. The molecule has 0 unspecified atom stereocenters. The normalized spacial score (nSPS) is 23.2. The summed E-state index contributed by atoms with van der Waals surface area (Å²) in [6, 6.07) is 1.64. The first-order valence-electron chi connectivity index (χ1n) is 6.46. The lowest BCUT2D eigenvalue weighted by Crippen LogP contribution is -2.66. The van der Waals surface area contributed by atoms with E-state index in [-0.39, 0.29) is 11.4 Å². The lowest BCUT2D eigenvalue weighted by atomic mass is 9.84. The van der Waals surface area contributed by atoms with E-state index in [2.05, 4.69) is 15.8 Å². The molecule has 0 aliphatic carbocycles. The molecule has 3 heterocycles. The summed E-state index contributed by atoms with van der Waals surface area (Å²) < 4.78 is 5.01. The number of hydrogen-bond donors (Lipinski definition) is 2. The van der Waals surface area contributed by atoms with E-state index in [4.69, 9.17) is 4.52 Å². The molecular formula is C12H18N4O2. The van der Waals surface area contributed by atoms with Crippen molar-refractivity contribution in [2.45, 2.75) is 18.4 Å². The van der Waals surface area contributed by atoms with Crippen LogP contribution in [0.15, 0.2) is 16.8 Å². The predicted octanol–water partition coefficient (Wildman–Crippen LogP) is -0.158. The van der Waals surface area contributed by atoms with Gasteiger partial charge in [-0.25, -0.2) is 0 Å². The number of piperazine rings is 1. The van der Waals surface area contributed by atoms with E-state index in [1.165, 1.54) is 6.20 Å². The van der Waals surface area contributed by atoms with E-state index >= 15 is 0 Å². The smallest absolute Gasteiger partial charge is 0.293 e. The third-order valence-electron chi connectivity index (χ3n) is 3.97. The number of piperidine rings is 1. The molecule has 6 nitrogen and oxygen atoms in total. The fourth-order valence-corrected chi connectivity index (χ4v) is 2.96. The van der Waals surface area contributed by atoms with E-state index in [1.807, 2.05) is 4.90 Å². The van der Waals surface area contributed by atoms with E-state index < -0.39 is 0 Å². The van der Waals surface area contributed by atoms with Crippen LogP contribution in [0.2, 0.25) is 0 Å². The van der Waals surface area contributed by atoms with Crippen molar-refractivity contribution in [2.75, 3.05) is 32.7 Å². The Hall–Kier alpha value is -1.40. The Morgan fingerprint density at radius 2 is 2.17 bits per heavy atom. The minimum Gasteiger partial charge on any atom is -0.351 e. The fraction of sp³-hybridized carbons (Fsp3) is 0.667. The van der Waals surface area contributed by atoms with Gasteiger partial charge in [0.1, 0.15) is 0 Å². The van der Waals surface area contributed by atoms with Crippen molar-refractivity contribution in [3.63, 3.8) is 0 Å². The zero-order chi connectivity index (χ0) is 12.4. The summed E-state index contributed by atoms with van der Waals surface area (Å²) in [6.45, 7) is 4.37. The molecule has 2 fully saturated rings. The standard InChI is InChI=1S/C12H18N4O2/c17-11(10-1-4-15-18-10)16-8-7-14-9-12(16)2-5-13-6-3-12/h1,4,13-14H,2-3,5-9H2. The van der Waals surface area contributed by atoms with Gasteiger partial charge >= 0.3 is 0 Å². The number of aromatic nitrogens is 1. The van der Waals surface area contributed by atoms with Gasteiger partial charge in [0.2, 0.25) is 5.76 Å². The maximum atomic E-state index is 12.5. The van der Waals surface area contributed by atoms with Gasteiger partial charge in [0, 0.05) is 25.7 Å². The van der Waals surface area contributed by atoms with Crippen molar-refractivity contribution >= 4 is 5.91 Å². The first kappa shape index (κ1) is 11.7. The highest BCUT2D eigenvalue weighted by atomic mass is 16.5. The minimum atomic E-state index is -0.0621. The molecule has 98 valence electrons. The van der Waals surface area contributed by atoms with Gasteiger partial charge < -0.3 is 20.1 Å². The lowest BCUT2D eigenvalue weighted by molar-refractivity contribution is 0.0218. The van der Waals surface area contributed by atoms with Gasteiger partial charge in [0.05, 0.1) is 11.7 Å². The molecule has 3 rings (SSSR count). The molecule has 0 saturated carbocycles. The van der Waals surface area contributed by atoms with Crippen LogP contribution in [-0.2, 0) is 0 Å². The van der Waals surface area contributed by atoms with Gasteiger partial charge in [-0.15, -0.1) is 0 Å². The molecule has 6 heteroatoms. The second-order valence-corrected chi connectivity index (χ2v) is 4.98. The van der Waals surface area contributed by atoms with E-state index in [1.54, 1.807) is 6.07 Å². The topological polar surface area (TPSA) is 70.4 Å². The molecule has 0 atom stereocenters. The van der Waals surface area contributed by atoms with Crippen LogP contribution >= 0.6 is 0 Å². The summed E-state index contributed by atoms with van der Waals surface area (Å²) in [6.07, 6.45) is 3.49. The number of carbonyl (C=O) groups is 1. The molecule has 18 heavy (non-hydrogen) atoms. The summed E-state index contributed by atoms with van der Waals surface area (Å²) in [4.78, 5) is 14.5. The second-order valence-electron chi connectivity index (χ2n) is 4.98. The van der Waals surface area contributed by atoms with E-state index in [0.29, 0.717) is 5.76 Å². The zero-order valence-electron chi connectivity index (χ0n) is 10.3. The molecule has 2 N–H and O–H groups in total. The van der Waals surface area contributed by atoms with Crippen molar-refractivity contribution in [3.05, 3.63) is 18.0 Å². The van der Waals surface area contributed by atoms with Crippen LogP contribution in [0, 0.1) is 0 Å². The Bertz CT molecular complexity index is 403. The van der Waals surface area contributed by atoms with Crippen molar-refractivity contribution in [2.24, 2.45) is 0 Å². The van der Waals surface area contributed by atoms with Crippen LogP contribution in [0.4, 0.5) is 0 Å². The number of carbonyl (C=O) groups excluding carboxylic acids is 1. The number of amides is 1. The third-order valence-corrected chi connectivity index (χ3v) is 3.97. The molecule has 1 aromatic heterocycles. The minimum absolute atomic E-state index is 0.0316. The van der Waals surface area contributed by atoms with Gasteiger partial charge in [-0.1, -0.05) is 5.16 Å². The van der Waals surface area contributed by atoms with Gasteiger partial charge in [0.15, 0.2) is 0 Å². The second kappa shape index (κ2) is 4.70. The first-order chi connectivity index (χ1) is 8.82. The Kier molecular flexibility index (Phi) is 3.05. The Labute approximate surface area is 106 Å². The van der Waals surface area contributed by atoms with Crippen LogP contribution < -0.4 is 10.6 Å². The lowest BCUT2D eigenvalue weighted by Gasteiger charge is -2.49. The average Bonchev–Trinajstić information content (AvgIpc) is 2.93. The number of nitrogens with one attached hydrogen (secondary N) is 2. The molecule has 0 bridgehead atoms. The average molecular weight is 250 g/mol. The largest absolute Gasteiger partial charge is 0.351 e.